The summed E-state index contributed by atoms with van der Waals surface area (Å²) in [6.07, 6.45) is 1.13. The van der Waals surface area contributed by atoms with Crippen LogP contribution in [0, 0.1) is 20.8 Å². The molecule has 0 aliphatic rings. The summed E-state index contributed by atoms with van der Waals surface area (Å²) in [5.74, 6) is 0. The smallest absolute Gasteiger partial charge is 0.0761 e. The van der Waals surface area contributed by atoms with Gasteiger partial charge in [0.2, 0.25) is 0 Å². The number of thiophene rings is 1. The van der Waals surface area contributed by atoms with Crippen LogP contribution in [0.3, 0.4) is 0 Å². The molecule has 0 fully saturated rings. The fourth-order valence-corrected chi connectivity index (χ4v) is 5.42. The van der Waals surface area contributed by atoms with Crippen LogP contribution in [0.4, 0.5) is 0 Å². The standard InChI is InChI=1S/C17H21Br2NS/c1-5-6-20-16(14-9-15(18)21-17(14)19)13-8-11(3)10(2)7-12(13)4/h7-9,16,20H,5-6H2,1-4H3. The third-order valence-corrected chi connectivity index (χ3v) is 6.17. The molecule has 0 saturated carbocycles. The van der Waals surface area contributed by atoms with Gasteiger partial charge in [0, 0.05) is 0 Å². The lowest BCUT2D eigenvalue weighted by Gasteiger charge is -2.22. The van der Waals surface area contributed by atoms with E-state index in [2.05, 4.69) is 83.1 Å². The first-order valence-corrected chi connectivity index (χ1v) is 9.60. The number of nitrogens with one attached hydrogen (secondary N) is 1. The lowest BCUT2D eigenvalue weighted by Crippen LogP contribution is -2.24. The van der Waals surface area contributed by atoms with Crippen molar-refractivity contribution in [1.82, 2.24) is 5.32 Å². The van der Waals surface area contributed by atoms with Crippen molar-refractivity contribution in [2.45, 2.75) is 40.2 Å². The van der Waals surface area contributed by atoms with E-state index in [-0.39, 0.29) is 6.04 Å². The second kappa shape index (κ2) is 7.40. The van der Waals surface area contributed by atoms with Gasteiger partial charge in [-0.1, -0.05) is 19.1 Å². The summed E-state index contributed by atoms with van der Waals surface area (Å²) >= 11 is 9.04. The van der Waals surface area contributed by atoms with Crippen molar-refractivity contribution in [3.63, 3.8) is 0 Å². The lowest BCUT2D eigenvalue weighted by atomic mass is 9.93. The Morgan fingerprint density at radius 3 is 2.24 bits per heavy atom. The molecule has 0 bridgehead atoms. The van der Waals surface area contributed by atoms with Crippen molar-refractivity contribution in [2.24, 2.45) is 0 Å². The maximum absolute atomic E-state index is 3.71. The molecule has 0 amide bonds. The molecule has 0 aliphatic carbocycles. The number of hydrogen-bond acceptors (Lipinski definition) is 2. The van der Waals surface area contributed by atoms with Gasteiger partial charge in [0.15, 0.2) is 0 Å². The minimum absolute atomic E-state index is 0.237. The van der Waals surface area contributed by atoms with Crippen molar-refractivity contribution in [3.05, 3.63) is 53.6 Å². The summed E-state index contributed by atoms with van der Waals surface area (Å²) < 4.78 is 2.36. The molecular weight excluding hydrogens is 410 g/mol. The van der Waals surface area contributed by atoms with E-state index in [9.17, 15) is 0 Å². The highest BCUT2D eigenvalue weighted by atomic mass is 79.9. The maximum atomic E-state index is 3.71. The topological polar surface area (TPSA) is 12.0 Å². The van der Waals surface area contributed by atoms with Gasteiger partial charge in [-0.25, -0.2) is 0 Å². The molecule has 0 spiro atoms. The van der Waals surface area contributed by atoms with Crippen LogP contribution in [-0.4, -0.2) is 6.54 Å². The fraction of sp³-hybridized carbons (Fsp3) is 0.412. The molecule has 21 heavy (non-hydrogen) atoms. The Morgan fingerprint density at radius 2 is 1.67 bits per heavy atom. The average Bonchev–Trinajstić information content (AvgIpc) is 2.75. The van der Waals surface area contributed by atoms with Crippen LogP contribution < -0.4 is 5.32 Å². The summed E-state index contributed by atoms with van der Waals surface area (Å²) in [6.45, 7) is 9.79. The number of hydrogen-bond donors (Lipinski definition) is 1. The lowest BCUT2D eigenvalue weighted by molar-refractivity contribution is 0.595. The van der Waals surface area contributed by atoms with Crippen LogP contribution in [0.1, 0.15) is 47.2 Å². The van der Waals surface area contributed by atoms with Gasteiger partial charge in [0.05, 0.1) is 13.6 Å². The third-order valence-electron chi connectivity index (χ3n) is 3.79. The second-order valence-electron chi connectivity index (χ2n) is 5.46. The van der Waals surface area contributed by atoms with E-state index in [1.807, 2.05) is 0 Å². The Bertz CT molecular complexity index is 634. The minimum Gasteiger partial charge on any atom is -0.306 e. The van der Waals surface area contributed by atoms with Gasteiger partial charge in [-0.2, -0.15) is 0 Å². The first-order valence-electron chi connectivity index (χ1n) is 7.19. The van der Waals surface area contributed by atoms with Crippen molar-refractivity contribution in [3.8, 4) is 0 Å². The molecule has 1 heterocycles. The Morgan fingerprint density at radius 1 is 1.00 bits per heavy atom. The fourth-order valence-electron chi connectivity index (χ4n) is 2.52. The molecular formula is C17H21Br2NS. The highest BCUT2D eigenvalue weighted by molar-refractivity contribution is 9.12. The van der Waals surface area contributed by atoms with Crippen LogP contribution in [0.2, 0.25) is 0 Å². The van der Waals surface area contributed by atoms with Crippen LogP contribution >= 0.6 is 43.2 Å². The van der Waals surface area contributed by atoms with Crippen molar-refractivity contribution in [1.29, 1.82) is 0 Å². The third kappa shape index (κ3) is 3.98. The van der Waals surface area contributed by atoms with Crippen molar-refractivity contribution in [2.75, 3.05) is 6.54 Å². The van der Waals surface area contributed by atoms with E-state index < -0.39 is 0 Å². The molecule has 1 atom stereocenters. The van der Waals surface area contributed by atoms with Gasteiger partial charge in [-0.15, -0.1) is 11.3 Å². The molecule has 114 valence electrons. The van der Waals surface area contributed by atoms with Gasteiger partial charge < -0.3 is 5.32 Å². The summed E-state index contributed by atoms with van der Waals surface area (Å²) in [4.78, 5) is 0. The maximum Gasteiger partial charge on any atom is 0.0761 e. The predicted octanol–water partition coefficient (Wildman–Crippen LogP) is 6.29. The zero-order valence-electron chi connectivity index (χ0n) is 12.9. The highest BCUT2D eigenvalue weighted by Crippen LogP contribution is 2.39. The Labute approximate surface area is 148 Å². The summed E-state index contributed by atoms with van der Waals surface area (Å²) in [6, 6.07) is 7.08. The van der Waals surface area contributed by atoms with Crippen molar-refractivity contribution < 1.29 is 0 Å². The summed E-state index contributed by atoms with van der Waals surface area (Å²) in [5.41, 5.74) is 6.74. The molecule has 1 aromatic carbocycles. The largest absolute Gasteiger partial charge is 0.306 e. The molecule has 2 rings (SSSR count). The molecule has 2 aromatic rings. The normalized spacial score (nSPS) is 12.7. The number of aryl methyl sites for hydroxylation is 3. The first-order chi connectivity index (χ1) is 9.93. The van der Waals surface area contributed by atoms with Gasteiger partial charge >= 0.3 is 0 Å². The Hall–Kier alpha value is -0.160. The zero-order valence-corrected chi connectivity index (χ0v) is 16.9. The van der Waals surface area contributed by atoms with E-state index in [4.69, 9.17) is 0 Å². The van der Waals surface area contributed by atoms with Crippen LogP contribution in [0.15, 0.2) is 25.8 Å². The monoisotopic (exact) mass is 429 g/mol. The molecule has 1 unspecified atom stereocenters. The molecule has 1 N–H and O–H groups in total. The Balaban J connectivity index is 2.50. The van der Waals surface area contributed by atoms with Crippen LogP contribution in [0.25, 0.3) is 0 Å². The molecule has 1 aromatic heterocycles. The van der Waals surface area contributed by atoms with Crippen LogP contribution in [-0.2, 0) is 0 Å². The Kier molecular flexibility index (Phi) is 6.06. The van der Waals surface area contributed by atoms with Gasteiger partial charge in [-0.05, 0) is 99.5 Å². The summed E-state index contributed by atoms with van der Waals surface area (Å²) in [5, 5.41) is 3.70. The van der Waals surface area contributed by atoms with E-state index in [0.29, 0.717) is 0 Å². The van der Waals surface area contributed by atoms with E-state index in [0.717, 1.165) is 16.8 Å². The molecule has 0 radical (unpaired) electrons. The highest BCUT2D eigenvalue weighted by Gasteiger charge is 2.20. The van der Waals surface area contributed by atoms with Gasteiger partial charge in [0.1, 0.15) is 0 Å². The second-order valence-corrected chi connectivity index (χ2v) is 9.21. The number of rotatable bonds is 5. The van der Waals surface area contributed by atoms with E-state index in [1.165, 1.54) is 31.6 Å². The molecule has 4 heteroatoms. The number of halogens is 2. The van der Waals surface area contributed by atoms with E-state index >= 15 is 0 Å². The zero-order chi connectivity index (χ0) is 15.6. The molecule has 1 nitrogen and oxygen atoms in total. The van der Waals surface area contributed by atoms with E-state index in [1.54, 1.807) is 11.3 Å². The van der Waals surface area contributed by atoms with Gasteiger partial charge in [-0.3, -0.25) is 0 Å². The first kappa shape index (κ1) is 17.2. The quantitative estimate of drug-likeness (QED) is 0.587. The SMILES string of the molecule is CCCNC(c1cc(C)c(C)cc1C)c1cc(Br)sc1Br. The van der Waals surface area contributed by atoms with Crippen molar-refractivity contribution >= 4 is 43.2 Å². The molecule has 0 aliphatic heterocycles. The minimum atomic E-state index is 0.237. The average molecular weight is 431 g/mol. The molecule has 0 saturated heterocycles. The van der Waals surface area contributed by atoms with Gasteiger partial charge in [0.25, 0.3) is 0 Å². The van der Waals surface area contributed by atoms with Crippen LogP contribution in [0.5, 0.6) is 0 Å². The summed E-state index contributed by atoms with van der Waals surface area (Å²) in [7, 11) is 0. The predicted molar refractivity (Wildman–Crippen MR) is 101 cm³/mol. The number of benzene rings is 1.